The van der Waals surface area contributed by atoms with Crippen LogP contribution in [0.2, 0.25) is 0 Å². The van der Waals surface area contributed by atoms with E-state index < -0.39 is 0 Å². The third kappa shape index (κ3) is 6.34. The second-order valence-corrected chi connectivity index (χ2v) is 4.47. The van der Waals surface area contributed by atoms with Crippen molar-refractivity contribution in [2.24, 2.45) is 5.92 Å². The quantitative estimate of drug-likeness (QED) is 0.742. The molecule has 0 radical (unpaired) electrons. The van der Waals surface area contributed by atoms with E-state index in [2.05, 4.69) is 19.2 Å². The largest absolute Gasteiger partial charge is 0.314 e. The Hall–Kier alpha value is 0.250. The summed E-state index contributed by atoms with van der Waals surface area (Å²) in [6.45, 7) is 5.88. The molecule has 1 aliphatic rings. The predicted octanol–water partition coefficient (Wildman–Crippen LogP) is 3.38. The Balaban J connectivity index is 0.00000144. The molecule has 0 aromatic rings. The van der Waals surface area contributed by atoms with Gasteiger partial charge in [-0.05, 0) is 31.7 Å². The first-order chi connectivity index (χ1) is 5.79. The highest BCUT2D eigenvalue weighted by Crippen LogP contribution is 2.14. The van der Waals surface area contributed by atoms with Gasteiger partial charge in [-0.15, -0.1) is 12.4 Å². The average Bonchev–Trinajstić information content (AvgIpc) is 2.05. The Bertz CT molecular complexity index is 109. The summed E-state index contributed by atoms with van der Waals surface area (Å²) >= 11 is 0. The molecule has 1 nitrogen and oxygen atoms in total. The van der Waals surface area contributed by atoms with Crippen LogP contribution in [0.1, 0.15) is 52.4 Å². The van der Waals surface area contributed by atoms with Gasteiger partial charge in [-0.2, -0.15) is 0 Å². The number of rotatable bonds is 4. The molecule has 0 aromatic carbocycles. The van der Waals surface area contributed by atoms with Crippen molar-refractivity contribution in [3.63, 3.8) is 0 Å². The van der Waals surface area contributed by atoms with E-state index in [0.29, 0.717) is 0 Å². The molecule has 1 atom stereocenters. The van der Waals surface area contributed by atoms with Gasteiger partial charge in [0.2, 0.25) is 0 Å². The lowest BCUT2D eigenvalue weighted by Crippen LogP contribution is -2.33. The van der Waals surface area contributed by atoms with Gasteiger partial charge < -0.3 is 5.32 Å². The van der Waals surface area contributed by atoms with Gasteiger partial charge in [0.1, 0.15) is 0 Å². The van der Waals surface area contributed by atoms with Gasteiger partial charge in [-0.3, -0.25) is 0 Å². The van der Waals surface area contributed by atoms with E-state index in [-0.39, 0.29) is 12.4 Å². The molecule has 2 heteroatoms. The first-order valence-corrected chi connectivity index (χ1v) is 5.52. The molecule has 1 rings (SSSR count). The van der Waals surface area contributed by atoms with Crippen molar-refractivity contribution in [2.75, 3.05) is 6.54 Å². The van der Waals surface area contributed by atoms with Crippen molar-refractivity contribution in [1.82, 2.24) is 5.32 Å². The van der Waals surface area contributed by atoms with Crippen molar-refractivity contribution >= 4 is 12.4 Å². The molecule has 1 heterocycles. The zero-order chi connectivity index (χ0) is 8.81. The van der Waals surface area contributed by atoms with Gasteiger partial charge in [-0.1, -0.05) is 33.1 Å². The predicted molar refractivity (Wildman–Crippen MR) is 61.6 cm³/mol. The van der Waals surface area contributed by atoms with Gasteiger partial charge >= 0.3 is 0 Å². The standard InChI is InChI=1S/C11H23N.ClH/c1-10(2)6-5-8-11-7-3-4-9-12-11;/h10-12H,3-9H2,1-2H3;1H. The van der Waals surface area contributed by atoms with Gasteiger partial charge in [0.05, 0.1) is 0 Å². The molecule has 0 aromatic heterocycles. The lowest BCUT2D eigenvalue weighted by atomic mass is 9.97. The molecule has 1 aliphatic heterocycles. The van der Waals surface area contributed by atoms with Crippen LogP contribution < -0.4 is 5.32 Å². The molecular weight excluding hydrogens is 182 g/mol. The number of nitrogens with one attached hydrogen (secondary N) is 1. The number of hydrogen-bond donors (Lipinski definition) is 1. The van der Waals surface area contributed by atoms with E-state index in [9.17, 15) is 0 Å². The monoisotopic (exact) mass is 205 g/mol. The topological polar surface area (TPSA) is 12.0 Å². The second-order valence-electron chi connectivity index (χ2n) is 4.47. The Morgan fingerprint density at radius 1 is 1.31 bits per heavy atom. The van der Waals surface area contributed by atoms with E-state index in [0.717, 1.165) is 12.0 Å². The molecule has 1 unspecified atom stereocenters. The van der Waals surface area contributed by atoms with Crippen molar-refractivity contribution in [2.45, 2.75) is 58.4 Å². The normalized spacial score (nSPS) is 22.8. The molecule has 0 aliphatic carbocycles. The smallest absolute Gasteiger partial charge is 0.00670 e. The SMILES string of the molecule is CC(C)CCCC1CCCCN1.Cl. The lowest BCUT2D eigenvalue weighted by molar-refractivity contribution is 0.364. The summed E-state index contributed by atoms with van der Waals surface area (Å²) in [6.07, 6.45) is 8.46. The summed E-state index contributed by atoms with van der Waals surface area (Å²) in [5.41, 5.74) is 0. The van der Waals surface area contributed by atoms with Crippen molar-refractivity contribution in [3.05, 3.63) is 0 Å². The first-order valence-electron chi connectivity index (χ1n) is 5.52. The number of halogens is 1. The van der Waals surface area contributed by atoms with E-state index in [4.69, 9.17) is 0 Å². The first kappa shape index (κ1) is 13.2. The van der Waals surface area contributed by atoms with Gasteiger partial charge in [0.15, 0.2) is 0 Å². The maximum atomic E-state index is 3.59. The molecule has 1 saturated heterocycles. The lowest BCUT2D eigenvalue weighted by Gasteiger charge is -2.23. The van der Waals surface area contributed by atoms with Crippen LogP contribution in [0, 0.1) is 5.92 Å². The average molecular weight is 206 g/mol. The van der Waals surface area contributed by atoms with Crippen LogP contribution in [-0.4, -0.2) is 12.6 Å². The van der Waals surface area contributed by atoms with E-state index in [1.165, 1.54) is 45.1 Å². The Labute approximate surface area is 89.1 Å². The third-order valence-corrected chi connectivity index (χ3v) is 2.75. The van der Waals surface area contributed by atoms with Gasteiger partial charge in [0, 0.05) is 6.04 Å². The van der Waals surface area contributed by atoms with Crippen LogP contribution in [0.25, 0.3) is 0 Å². The molecule has 0 bridgehead atoms. The molecule has 80 valence electrons. The van der Waals surface area contributed by atoms with E-state index in [1.54, 1.807) is 0 Å². The minimum atomic E-state index is 0. The highest BCUT2D eigenvalue weighted by Gasteiger charge is 2.11. The van der Waals surface area contributed by atoms with Crippen LogP contribution in [0.15, 0.2) is 0 Å². The Morgan fingerprint density at radius 2 is 2.08 bits per heavy atom. The summed E-state index contributed by atoms with van der Waals surface area (Å²) in [5, 5.41) is 3.59. The Kier molecular flexibility index (Phi) is 7.78. The van der Waals surface area contributed by atoms with E-state index >= 15 is 0 Å². The molecule has 0 amide bonds. The molecule has 1 fully saturated rings. The summed E-state index contributed by atoms with van der Waals surface area (Å²) in [7, 11) is 0. The fraction of sp³-hybridized carbons (Fsp3) is 1.00. The van der Waals surface area contributed by atoms with Gasteiger partial charge in [-0.25, -0.2) is 0 Å². The summed E-state index contributed by atoms with van der Waals surface area (Å²) in [5.74, 6) is 0.883. The van der Waals surface area contributed by atoms with Crippen LogP contribution in [0.5, 0.6) is 0 Å². The summed E-state index contributed by atoms with van der Waals surface area (Å²) in [4.78, 5) is 0. The number of hydrogen-bond acceptors (Lipinski definition) is 1. The van der Waals surface area contributed by atoms with Crippen LogP contribution in [-0.2, 0) is 0 Å². The molecular formula is C11H24ClN. The zero-order valence-electron chi connectivity index (χ0n) is 9.01. The van der Waals surface area contributed by atoms with Crippen LogP contribution >= 0.6 is 12.4 Å². The van der Waals surface area contributed by atoms with Crippen molar-refractivity contribution in [1.29, 1.82) is 0 Å². The fourth-order valence-corrected chi connectivity index (χ4v) is 1.94. The molecule has 13 heavy (non-hydrogen) atoms. The minimum absolute atomic E-state index is 0. The van der Waals surface area contributed by atoms with Crippen LogP contribution in [0.3, 0.4) is 0 Å². The van der Waals surface area contributed by atoms with Crippen molar-refractivity contribution in [3.8, 4) is 0 Å². The molecule has 0 spiro atoms. The summed E-state index contributed by atoms with van der Waals surface area (Å²) in [6, 6.07) is 0.845. The highest BCUT2D eigenvalue weighted by atomic mass is 35.5. The van der Waals surface area contributed by atoms with Crippen LogP contribution in [0.4, 0.5) is 0 Å². The minimum Gasteiger partial charge on any atom is -0.314 e. The molecule has 1 N–H and O–H groups in total. The highest BCUT2D eigenvalue weighted by molar-refractivity contribution is 5.85. The molecule has 0 saturated carbocycles. The summed E-state index contributed by atoms with van der Waals surface area (Å²) < 4.78 is 0. The van der Waals surface area contributed by atoms with E-state index in [1.807, 2.05) is 0 Å². The van der Waals surface area contributed by atoms with Gasteiger partial charge in [0.25, 0.3) is 0 Å². The van der Waals surface area contributed by atoms with Crippen molar-refractivity contribution < 1.29 is 0 Å². The second kappa shape index (κ2) is 7.64. The maximum Gasteiger partial charge on any atom is 0.00670 e. The fourth-order valence-electron chi connectivity index (χ4n) is 1.94. The zero-order valence-corrected chi connectivity index (χ0v) is 9.83. The maximum absolute atomic E-state index is 3.59. The third-order valence-electron chi connectivity index (χ3n) is 2.75. The number of piperidine rings is 1. The Morgan fingerprint density at radius 3 is 2.62 bits per heavy atom.